The number of rotatable bonds is 5. The number of hydrogen-bond donors (Lipinski definition) is 2. The summed E-state index contributed by atoms with van der Waals surface area (Å²) in [6, 6.07) is 11.5. The Morgan fingerprint density at radius 2 is 1.83 bits per heavy atom. The topological polar surface area (TPSA) is 39.7 Å². The fraction of sp³-hybridized carbons (Fsp3) is 0.611. The van der Waals surface area contributed by atoms with E-state index in [1.807, 2.05) is 7.05 Å². The lowest BCUT2D eigenvalue weighted by Gasteiger charge is -2.28. The van der Waals surface area contributed by atoms with Crippen molar-refractivity contribution in [1.82, 2.24) is 15.5 Å². The molecule has 0 aliphatic heterocycles. The lowest BCUT2D eigenvalue weighted by molar-refractivity contribution is 0.297. The summed E-state index contributed by atoms with van der Waals surface area (Å²) >= 11 is 0. The Hall–Kier alpha value is -0.820. The molecule has 1 unspecified atom stereocenters. The van der Waals surface area contributed by atoms with Crippen molar-refractivity contribution < 1.29 is 0 Å². The molecule has 1 saturated carbocycles. The van der Waals surface area contributed by atoms with Gasteiger partial charge in [0.1, 0.15) is 0 Å². The third kappa shape index (κ3) is 6.67. The van der Waals surface area contributed by atoms with Gasteiger partial charge in [-0.3, -0.25) is 4.99 Å². The quantitative estimate of drug-likeness (QED) is 0.428. The molecule has 1 atom stereocenters. The lowest BCUT2D eigenvalue weighted by Crippen LogP contribution is -2.46. The third-order valence-corrected chi connectivity index (χ3v) is 4.44. The fourth-order valence-electron chi connectivity index (χ4n) is 3.10. The van der Waals surface area contributed by atoms with Crippen LogP contribution in [0.5, 0.6) is 0 Å². The third-order valence-electron chi connectivity index (χ3n) is 4.44. The number of aliphatic imine (C=N–C) groups is 1. The van der Waals surface area contributed by atoms with Gasteiger partial charge in [-0.25, -0.2) is 0 Å². The standard InChI is InChI=1S/C18H30N4.HI/c1-19-18(21-16-12-8-5-9-13-16)20-14-17(22(2)3)15-10-6-4-7-11-15;/h4,6-7,10-11,16-17H,5,8-9,12-14H2,1-3H3,(H2,19,20,21);1H. The van der Waals surface area contributed by atoms with Gasteiger partial charge < -0.3 is 15.5 Å². The maximum Gasteiger partial charge on any atom is 0.191 e. The Kier molecular flexibility index (Phi) is 9.55. The van der Waals surface area contributed by atoms with Crippen LogP contribution >= 0.6 is 24.0 Å². The molecule has 1 aliphatic carbocycles. The highest BCUT2D eigenvalue weighted by Gasteiger charge is 2.17. The summed E-state index contributed by atoms with van der Waals surface area (Å²) < 4.78 is 0. The Balaban J connectivity index is 0.00000264. The largest absolute Gasteiger partial charge is 0.354 e. The predicted octanol–water partition coefficient (Wildman–Crippen LogP) is 3.41. The van der Waals surface area contributed by atoms with Crippen molar-refractivity contribution in [2.24, 2.45) is 4.99 Å². The minimum Gasteiger partial charge on any atom is -0.354 e. The maximum absolute atomic E-state index is 4.38. The summed E-state index contributed by atoms with van der Waals surface area (Å²) in [7, 11) is 6.10. The molecular weight excluding hydrogens is 399 g/mol. The molecule has 130 valence electrons. The minimum atomic E-state index is 0. The molecule has 1 aromatic rings. The molecule has 0 radical (unpaired) electrons. The van der Waals surface area contributed by atoms with E-state index in [9.17, 15) is 0 Å². The Labute approximate surface area is 158 Å². The summed E-state index contributed by atoms with van der Waals surface area (Å²) in [5.41, 5.74) is 1.33. The summed E-state index contributed by atoms with van der Waals surface area (Å²) in [5.74, 6) is 0.926. The number of halogens is 1. The highest BCUT2D eigenvalue weighted by atomic mass is 127. The minimum absolute atomic E-state index is 0. The molecule has 4 nitrogen and oxygen atoms in total. The SMILES string of the molecule is CN=C(NCC(c1ccccc1)N(C)C)NC1CCCCC1.I. The van der Waals surface area contributed by atoms with Crippen molar-refractivity contribution in [3.8, 4) is 0 Å². The summed E-state index contributed by atoms with van der Waals surface area (Å²) in [5, 5.41) is 7.07. The van der Waals surface area contributed by atoms with Gasteiger partial charge in [-0.1, -0.05) is 49.6 Å². The Morgan fingerprint density at radius 3 is 2.39 bits per heavy atom. The molecule has 0 aromatic heterocycles. The van der Waals surface area contributed by atoms with E-state index in [2.05, 4.69) is 65.0 Å². The smallest absolute Gasteiger partial charge is 0.191 e. The highest BCUT2D eigenvalue weighted by Crippen LogP contribution is 2.18. The zero-order valence-electron chi connectivity index (χ0n) is 14.6. The van der Waals surface area contributed by atoms with Gasteiger partial charge >= 0.3 is 0 Å². The molecule has 1 aliphatic rings. The van der Waals surface area contributed by atoms with E-state index in [4.69, 9.17) is 0 Å². The molecule has 2 N–H and O–H groups in total. The first-order valence-corrected chi connectivity index (χ1v) is 8.39. The predicted molar refractivity (Wildman–Crippen MR) is 110 cm³/mol. The van der Waals surface area contributed by atoms with Crippen LogP contribution in [0.1, 0.15) is 43.7 Å². The average molecular weight is 430 g/mol. The Bertz CT molecular complexity index is 455. The molecule has 0 saturated heterocycles. The van der Waals surface area contributed by atoms with Gasteiger partial charge in [0.2, 0.25) is 0 Å². The molecule has 1 fully saturated rings. The molecule has 1 aromatic carbocycles. The van der Waals surface area contributed by atoms with E-state index in [0.717, 1.165) is 12.5 Å². The average Bonchev–Trinajstić information content (AvgIpc) is 2.55. The molecule has 5 heteroatoms. The van der Waals surface area contributed by atoms with Crippen LogP contribution in [-0.2, 0) is 0 Å². The normalized spacial score (nSPS) is 17.5. The van der Waals surface area contributed by atoms with Gasteiger partial charge in [-0.05, 0) is 32.5 Å². The second-order valence-corrected chi connectivity index (χ2v) is 6.32. The van der Waals surface area contributed by atoms with Crippen LogP contribution in [0.3, 0.4) is 0 Å². The molecule has 0 heterocycles. The van der Waals surface area contributed by atoms with E-state index in [0.29, 0.717) is 12.1 Å². The van der Waals surface area contributed by atoms with Crippen molar-refractivity contribution in [1.29, 1.82) is 0 Å². The molecule has 0 bridgehead atoms. The van der Waals surface area contributed by atoms with Crippen LogP contribution in [0.25, 0.3) is 0 Å². The van der Waals surface area contributed by atoms with Gasteiger partial charge in [-0.15, -0.1) is 24.0 Å². The first-order valence-electron chi connectivity index (χ1n) is 8.39. The van der Waals surface area contributed by atoms with Crippen molar-refractivity contribution in [2.75, 3.05) is 27.7 Å². The van der Waals surface area contributed by atoms with Crippen LogP contribution in [0.15, 0.2) is 35.3 Å². The van der Waals surface area contributed by atoms with Crippen molar-refractivity contribution in [2.45, 2.75) is 44.2 Å². The maximum atomic E-state index is 4.38. The van der Waals surface area contributed by atoms with Crippen molar-refractivity contribution in [3.05, 3.63) is 35.9 Å². The monoisotopic (exact) mass is 430 g/mol. The number of nitrogens with one attached hydrogen (secondary N) is 2. The van der Waals surface area contributed by atoms with Crippen LogP contribution < -0.4 is 10.6 Å². The fourth-order valence-corrected chi connectivity index (χ4v) is 3.10. The molecule has 2 rings (SSSR count). The number of likely N-dealkylation sites (N-methyl/N-ethyl adjacent to an activating group) is 1. The molecular formula is C18H31IN4. The van der Waals surface area contributed by atoms with E-state index >= 15 is 0 Å². The van der Waals surface area contributed by atoms with Crippen LogP contribution in [0, 0.1) is 0 Å². The number of nitrogens with zero attached hydrogens (tertiary/aromatic N) is 2. The van der Waals surface area contributed by atoms with Gasteiger partial charge in [0, 0.05) is 19.6 Å². The Morgan fingerprint density at radius 1 is 1.17 bits per heavy atom. The first kappa shape index (κ1) is 20.2. The number of benzene rings is 1. The molecule has 0 spiro atoms. The zero-order valence-corrected chi connectivity index (χ0v) is 16.9. The second-order valence-electron chi connectivity index (χ2n) is 6.32. The van der Waals surface area contributed by atoms with Gasteiger partial charge in [0.15, 0.2) is 5.96 Å². The second kappa shape index (κ2) is 10.9. The van der Waals surface area contributed by atoms with E-state index in [-0.39, 0.29) is 24.0 Å². The van der Waals surface area contributed by atoms with Crippen LogP contribution in [0.4, 0.5) is 0 Å². The summed E-state index contributed by atoms with van der Waals surface area (Å²) in [6.07, 6.45) is 6.56. The van der Waals surface area contributed by atoms with Crippen molar-refractivity contribution >= 4 is 29.9 Å². The number of guanidine groups is 1. The molecule has 0 amide bonds. The van der Waals surface area contributed by atoms with Gasteiger partial charge in [0.05, 0.1) is 6.04 Å². The van der Waals surface area contributed by atoms with Gasteiger partial charge in [-0.2, -0.15) is 0 Å². The number of hydrogen-bond acceptors (Lipinski definition) is 2. The zero-order chi connectivity index (χ0) is 15.8. The van der Waals surface area contributed by atoms with E-state index in [1.54, 1.807) is 0 Å². The van der Waals surface area contributed by atoms with Crippen LogP contribution in [-0.4, -0.2) is 44.6 Å². The summed E-state index contributed by atoms with van der Waals surface area (Å²) in [4.78, 5) is 6.63. The van der Waals surface area contributed by atoms with Gasteiger partial charge in [0.25, 0.3) is 0 Å². The molecule has 23 heavy (non-hydrogen) atoms. The summed E-state index contributed by atoms with van der Waals surface area (Å²) in [6.45, 7) is 0.851. The van der Waals surface area contributed by atoms with E-state index in [1.165, 1.54) is 37.7 Å². The lowest BCUT2D eigenvalue weighted by atomic mass is 9.96. The first-order chi connectivity index (χ1) is 10.7. The van der Waals surface area contributed by atoms with E-state index < -0.39 is 0 Å². The van der Waals surface area contributed by atoms with Crippen LogP contribution in [0.2, 0.25) is 0 Å². The highest BCUT2D eigenvalue weighted by molar-refractivity contribution is 14.0. The van der Waals surface area contributed by atoms with Crippen molar-refractivity contribution in [3.63, 3.8) is 0 Å².